The molecule has 1 unspecified atom stereocenters. The van der Waals surface area contributed by atoms with Crippen LogP contribution < -0.4 is 4.90 Å². The SMILES string of the molecule is CN1CCN(C2CCN(c3cccc(-c4ccco4)c3)CC2)CC1CCO. The fourth-order valence-electron chi connectivity index (χ4n) is 4.55. The van der Waals surface area contributed by atoms with E-state index in [0.717, 1.165) is 50.5 Å². The van der Waals surface area contributed by atoms with Crippen LogP contribution in [0.25, 0.3) is 11.3 Å². The molecule has 2 aliphatic heterocycles. The highest BCUT2D eigenvalue weighted by molar-refractivity contribution is 5.64. The fraction of sp³-hybridized carbons (Fsp3) is 0.545. The van der Waals surface area contributed by atoms with Crippen molar-refractivity contribution < 1.29 is 9.52 Å². The van der Waals surface area contributed by atoms with Crippen LogP contribution in [0.2, 0.25) is 0 Å². The maximum atomic E-state index is 9.33. The van der Waals surface area contributed by atoms with Gasteiger partial charge in [0.05, 0.1) is 6.26 Å². The number of rotatable bonds is 5. The fourth-order valence-corrected chi connectivity index (χ4v) is 4.55. The van der Waals surface area contributed by atoms with Crippen molar-refractivity contribution >= 4 is 5.69 Å². The molecule has 0 bridgehead atoms. The monoisotopic (exact) mass is 369 g/mol. The summed E-state index contributed by atoms with van der Waals surface area (Å²) in [5.41, 5.74) is 2.43. The second kappa shape index (κ2) is 8.46. The van der Waals surface area contributed by atoms with Crippen molar-refractivity contribution in [2.45, 2.75) is 31.3 Å². The topological polar surface area (TPSA) is 43.1 Å². The van der Waals surface area contributed by atoms with Crippen LogP contribution in [0.15, 0.2) is 47.1 Å². The van der Waals surface area contributed by atoms with Gasteiger partial charge in [-0.3, -0.25) is 4.90 Å². The lowest BCUT2D eigenvalue weighted by molar-refractivity contribution is 0.0446. The number of benzene rings is 1. The maximum absolute atomic E-state index is 9.33. The van der Waals surface area contributed by atoms with Crippen molar-refractivity contribution in [2.75, 3.05) is 51.3 Å². The predicted octanol–water partition coefficient (Wildman–Crippen LogP) is 2.91. The molecule has 0 radical (unpaired) electrons. The van der Waals surface area contributed by atoms with E-state index in [9.17, 15) is 5.11 Å². The third-order valence-corrected chi connectivity index (χ3v) is 6.27. The average molecular weight is 370 g/mol. The summed E-state index contributed by atoms with van der Waals surface area (Å²) in [6.45, 7) is 5.84. The van der Waals surface area contributed by atoms with Crippen LogP contribution in [0.1, 0.15) is 19.3 Å². The first kappa shape index (κ1) is 18.5. The Morgan fingerprint density at radius 3 is 2.67 bits per heavy atom. The van der Waals surface area contributed by atoms with E-state index in [1.54, 1.807) is 6.26 Å². The Hall–Kier alpha value is -1.82. The van der Waals surface area contributed by atoms with Crippen molar-refractivity contribution in [3.05, 3.63) is 42.7 Å². The van der Waals surface area contributed by atoms with Gasteiger partial charge in [0.2, 0.25) is 0 Å². The molecule has 2 aromatic rings. The number of hydrogen-bond acceptors (Lipinski definition) is 5. The molecule has 0 amide bonds. The number of aliphatic hydroxyl groups is 1. The maximum Gasteiger partial charge on any atom is 0.133 e. The van der Waals surface area contributed by atoms with E-state index in [2.05, 4.69) is 46.0 Å². The summed E-state index contributed by atoms with van der Waals surface area (Å²) < 4.78 is 5.55. The zero-order chi connectivity index (χ0) is 18.6. The Balaban J connectivity index is 1.36. The molecule has 4 rings (SSSR count). The molecule has 1 atom stereocenters. The molecule has 5 heteroatoms. The van der Waals surface area contributed by atoms with Crippen molar-refractivity contribution in [1.82, 2.24) is 9.80 Å². The lowest BCUT2D eigenvalue weighted by Gasteiger charge is -2.45. The second-order valence-electron chi connectivity index (χ2n) is 7.89. The molecule has 5 nitrogen and oxygen atoms in total. The minimum Gasteiger partial charge on any atom is -0.464 e. The van der Waals surface area contributed by atoms with Gasteiger partial charge in [0.15, 0.2) is 0 Å². The van der Waals surface area contributed by atoms with Gasteiger partial charge in [-0.1, -0.05) is 12.1 Å². The van der Waals surface area contributed by atoms with Gasteiger partial charge in [0.25, 0.3) is 0 Å². The Kier molecular flexibility index (Phi) is 5.81. The van der Waals surface area contributed by atoms with E-state index in [1.807, 2.05) is 12.1 Å². The molecule has 0 aliphatic carbocycles. The highest BCUT2D eigenvalue weighted by Crippen LogP contribution is 2.28. The Bertz CT molecular complexity index is 710. The van der Waals surface area contributed by atoms with Crippen LogP contribution in [-0.4, -0.2) is 73.4 Å². The van der Waals surface area contributed by atoms with Gasteiger partial charge in [-0.25, -0.2) is 0 Å². The first-order valence-corrected chi connectivity index (χ1v) is 10.2. The molecule has 0 spiro atoms. The molecular formula is C22H31N3O2. The minimum atomic E-state index is 0.285. The lowest BCUT2D eigenvalue weighted by atomic mass is 9.99. The number of nitrogens with zero attached hydrogens (tertiary/aromatic N) is 3. The van der Waals surface area contributed by atoms with E-state index >= 15 is 0 Å². The summed E-state index contributed by atoms with van der Waals surface area (Å²) in [7, 11) is 2.19. The Morgan fingerprint density at radius 2 is 1.93 bits per heavy atom. The quantitative estimate of drug-likeness (QED) is 0.878. The largest absolute Gasteiger partial charge is 0.464 e. The zero-order valence-corrected chi connectivity index (χ0v) is 16.3. The van der Waals surface area contributed by atoms with Crippen molar-refractivity contribution in [1.29, 1.82) is 0 Å². The average Bonchev–Trinajstić information content (AvgIpc) is 3.25. The summed E-state index contributed by atoms with van der Waals surface area (Å²) in [6, 6.07) is 13.8. The molecule has 146 valence electrons. The number of piperidine rings is 1. The molecule has 3 heterocycles. The van der Waals surface area contributed by atoms with E-state index in [-0.39, 0.29) is 6.61 Å². The molecule has 2 aliphatic rings. The number of furan rings is 1. The number of piperazine rings is 1. The number of likely N-dealkylation sites (N-methyl/N-ethyl adjacent to an activating group) is 1. The van der Waals surface area contributed by atoms with Crippen LogP contribution >= 0.6 is 0 Å². The van der Waals surface area contributed by atoms with Gasteiger partial charge >= 0.3 is 0 Å². The standard InChI is InChI=1S/C22H31N3O2/c1-23-12-13-25(17-21(23)9-14-26)19-7-10-24(11-8-19)20-5-2-4-18(16-20)22-6-3-15-27-22/h2-6,15-16,19,21,26H,7-14,17H2,1H3. The van der Waals surface area contributed by atoms with Gasteiger partial charge in [-0.05, 0) is 50.6 Å². The predicted molar refractivity (Wildman–Crippen MR) is 109 cm³/mol. The van der Waals surface area contributed by atoms with E-state index in [4.69, 9.17) is 4.42 Å². The summed E-state index contributed by atoms with van der Waals surface area (Å²) in [5, 5.41) is 9.33. The third kappa shape index (κ3) is 4.21. The third-order valence-electron chi connectivity index (χ3n) is 6.27. The zero-order valence-electron chi connectivity index (χ0n) is 16.3. The van der Waals surface area contributed by atoms with E-state index < -0.39 is 0 Å². The van der Waals surface area contributed by atoms with Gasteiger partial charge in [-0.2, -0.15) is 0 Å². The number of anilines is 1. The summed E-state index contributed by atoms with van der Waals surface area (Å²) in [6.07, 6.45) is 5.03. The molecule has 1 N–H and O–H groups in total. The van der Waals surface area contributed by atoms with Crippen LogP contribution in [0, 0.1) is 0 Å². The first-order chi connectivity index (χ1) is 13.2. The van der Waals surface area contributed by atoms with E-state index in [0.29, 0.717) is 12.1 Å². The molecule has 1 aromatic carbocycles. The number of aliphatic hydroxyl groups excluding tert-OH is 1. The van der Waals surface area contributed by atoms with Crippen LogP contribution in [0.5, 0.6) is 0 Å². The van der Waals surface area contributed by atoms with Crippen molar-refractivity contribution in [3.8, 4) is 11.3 Å². The lowest BCUT2D eigenvalue weighted by Crippen LogP contribution is -2.56. The first-order valence-electron chi connectivity index (χ1n) is 10.2. The summed E-state index contributed by atoms with van der Waals surface area (Å²) in [4.78, 5) is 7.57. The summed E-state index contributed by atoms with van der Waals surface area (Å²) in [5.74, 6) is 0.930. The molecular weight excluding hydrogens is 338 g/mol. The highest BCUT2D eigenvalue weighted by Gasteiger charge is 2.30. The van der Waals surface area contributed by atoms with Gasteiger partial charge < -0.3 is 19.3 Å². The molecule has 27 heavy (non-hydrogen) atoms. The highest BCUT2D eigenvalue weighted by atomic mass is 16.3. The number of hydrogen-bond donors (Lipinski definition) is 1. The Labute approximate surface area is 162 Å². The van der Waals surface area contributed by atoms with Crippen LogP contribution in [0.4, 0.5) is 5.69 Å². The van der Waals surface area contributed by atoms with Gasteiger partial charge in [0.1, 0.15) is 5.76 Å². The molecule has 2 saturated heterocycles. The second-order valence-corrected chi connectivity index (χ2v) is 7.89. The van der Waals surface area contributed by atoms with Gasteiger partial charge in [-0.15, -0.1) is 0 Å². The smallest absolute Gasteiger partial charge is 0.133 e. The molecule has 2 fully saturated rings. The Morgan fingerprint density at radius 1 is 1.07 bits per heavy atom. The van der Waals surface area contributed by atoms with E-state index in [1.165, 1.54) is 18.5 Å². The van der Waals surface area contributed by atoms with Crippen molar-refractivity contribution in [2.24, 2.45) is 0 Å². The van der Waals surface area contributed by atoms with Gasteiger partial charge in [0, 0.05) is 62.7 Å². The van der Waals surface area contributed by atoms with Crippen LogP contribution in [0.3, 0.4) is 0 Å². The molecule has 1 aromatic heterocycles. The summed E-state index contributed by atoms with van der Waals surface area (Å²) >= 11 is 0. The molecule has 0 saturated carbocycles. The minimum absolute atomic E-state index is 0.285. The van der Waals surface area contributed by atoms with Crippen molar-refractivity contribution in [3.63, 3.8) is 0 Å². The van der Waals surface area contributed by atoms with Crippen LogP contribution in [-0.2, 0) is 0 Å². The normalized spacial score (nSPS) is 23.0.